The molecule has 0 saturated heterocycles. The van der Waals surface area contributed by atoms with Gasteiger partial charge in [-0.25, -0.2) is 14.5 Å². The number of nitrogens with zero attached hydrogens (tertiary/aromatic N) is 5. The van der Waals surface area contributed by atoms with E-state index >= 15 is 0 Å². The molecule has 0 radical (unpaired) electrons. The molecule has 38 heavy (non-hydrogen) atoms. The van der Waals surface area contributed by atoms with Crippen molar-refractivity contribution in [2.24, 2.45) is 5.92 Å². The molecule has 0 unspecified atom stereocenters. The van der Waals surface area contributed by atoms with E-state index in [-0.39, 0.29) is 0 Å². The van der Waals surface area contributed by atoms with Crippen LogP contribution < -0.4 is 10.2 Å². The van der Waals surface area contributed by atoms with Gasteiger partial charge in [0.25, 0.3) is 0 Å². The molecular weight excluding hydrogens is 501 g/mol. The summed E-state index contributed by atoms with van der Waals surface area (Å²) in [7, 11) is 0. The zero-order valence-corrected chi connectivity index (χ0v) is 21.8. The maximum atomic E-state index is 14.7. The van der Waals surface area contributed by atoms with Crippen molar-refractivity contribution in [1.82, 2.24) is 25.6 Å². The first-order chi connectivity index (χ1) is 18.5. The largest absolute Gasteiger partial charge is 0.353 e. The van der Waals surface area contributed by atoms with Gasteiger partial charge in [0.05, 0.1) is 11.4 Å². The molecular formula is C29H27ClFN7. The van der Waals surface area contributed by atoms with E-state index < -0.39 is 5.82 Å². The van der Waals surface area contributed by atoms with Crippen molar-refractivity contribution in [3.05, 3.63) is 101 Å². The highest BCUT2D eigenvalue weighted by Gasteiger charge is 2.18. The fraction of sp³-hybridized carbons (Fsp3) is 0.172. The van der Waals surface area contributed by atoms with Crippen LogP contribution in [0.15, 0.2) is 84.9 Å². The summed E-state index contributed by atoms with van der Waals surface area (Å²) in [6.07, 6.45) is 0. The molecule has 2 heterocycles. The summed E-state index contributed by atoms with van der Waals surface area (Å²) in [5.74, 6) is 1.26. The summed E-state index contributed by atoms with van der Waals surface area (Å²) in [5.41, 5.74) is 4.54. The Morgan fingerprint density at radius 2 is 1.71 bits per heavy atom. The lowest BCUT2D eigenvalue weighted by Crippen LogP contribution is -2.28. The van der Waals surface area contributed by atoms with Gasteiger partial charge in [-0.15, -0.1) is 5.10 Å². The molecule has 9 heteroatoms. The van der Waals surface area contributed by atoms with E-state index in [9.17, 15) is 4.39 Å². The number of hydrogen-bond acceptors (Lipinski definition) is 6. The zero-order chi connectivity index (χ0) is 26.5. The average Bonchev–Trinajstić information content (AvgIpc) is 3.45. The normalized spacial score (nSPS) is 11.1. The van der Waals surface area contributed by atoms with E-state index in [0.29, 0.717) is 40.4 Å². The summed E-state index contributed by atoms with van der Waals surface area (Å²) < 4.78 is 14.7. The van der Waals surface area contributed by atoms with Gasteiger partial charge in [-0.2, -0.15) is 0 Å². The van der Waals surface area contributed by atoms with Crippen molar-refractivity contribution in [2.75, 3.05) is 16.8 Å². The molecule has 0 aliphatic heterocycles. The second-order valence-corrected chi connectivity index (χ2v) is 9.84. The molecule has 3 aromatic carbocycles. The third-order valence-electron chi connectivity index (χ3n) is 5.95. The van der Waals surface area contributed by atoms with Crippen LogP contribution in [-0.4, -0.2) is 32.2 Å². The minimum Gasteiger partial charge on any atom is -0.353 e. The van der Waals surface area contributed by atoms with Crippen molar-refractivity contribution in [3.63, 3.8) is 0 Å². The van der Waals surface area contributed by atoms with E-state index in [2.05, 4.69) is 56.8 Å². The highest BCUT2D eigenvalue weighted by molar-refractivity contribution is 6.30. The predicted octanol–water partition coefficient (Wildman–Crippen LogP) is 7.13. The molecule has 0 saturated carbocycles. The Hall–Kier alpha value is -4.30. The number of aromatic amines is 1. The van der Waals surface area contributed by atoms with Crippen LogP contribution in [0.1, 0.15) is 19.4 Å². The van der Waals surface area contributed by atoms with Crippen LogP contribution in [0, 0.1) is 11.7 Å². The summed E-state index contributed by atoms with van der Waals surface area (Å²) in [6.45, 7) is 5.82. The van der Waals surface area contributed by atoms with Gasteiger partial charge >= 0.3 is 0 Å². The van der Waals surface area contributed by atoms with Gasteiger partial charge in [0.2, 0.25) is 0 Å². The van der Waals surface area contributed by atoms with Crippen LogP contribution in [0.4, 0.5) is 21.6 Å². The molecule has 0 aliphatic rings. The third-order valence-corrected chi connectivity index (χ3v) is 6.19. The second kappa shape index (κ2) is 11.4. The van der Waals surface area contributed by atoms with E-state index in [0.717, 1.165) is 23.5 Å². The Labute approximate surface area is 225 Å². The van der Waals surface area contributed by atoms with Gasteiger partial charge < -0.3 is 10.2 Å². The van der Waals surface area contributed by atoms with Gasteiger partial charge in [0, 0.05) is 41.0 Å². The van der Waals surface area contributed by atoms with Gasteiger partial charge in [-0.05, 0) is 46.2 Å². The number of rotatable bonds is 9. The Kier molecular flexibility index (Phi) is 7.60. The lowest BCUT2D eigenvalue weighted by molar-refractivity contribution is 0.605. The van der Waals surface area contributed by atoms with Gasteiger partial charge in [0.15, 0.2) is 5.82 Å². The number of benzene rings is 3. The van der Waals surface area contributed by atoms with Crippen LogP contribution in [0.2, 0.25) is 5.02 Å². The Bertz CT molecular complexity index is 1510. The number of aromatic nitrogens is 5. The molecule has 7 nitrogen and oxygen atoms in total. The maximum absolute atomic E-state index is 14.7. The van der Waals surface area contributed by atoms with Crippen molar-refractivity contribution < 1.29 is 4.39 Å². The molecule has 0 amide bonds. The minimum atomic E-state index is -0.436. The van der Waals surface area contributed by atoms with E-state index in [4.69, 9.17) is 16.6 Å². The highest BCUT2D eigenvalue weighted by Crippen LogP contribution is 2.34. The SMILES string of the molecule is CC(C)CN(Cc1ccccc1)c1cc(Nc2ccc(Cl)cc2F)cc(-c2ccccc2-c2nnn[nH]2)n1. The molecule has 0 fully saturated rings. The van der Waals surface area contributed by atoms with Gasteiger partial charge in [0.1, 0.15) is 11.6 Å². The summed E-state index contributed by atoms with van der Waals surface area (Å²) >= 11 is 5.98. The Morgan fingerprint density at radius 3 is 2.42 bits per heavy atom. The summed E-state index contributed by atoms with van der Waals surface area (Å²) in [5, 5.41) is 18.0. The molecule has 0 spiro atoms. The maximum Gasteiger partial charge on any atom is 0.180 e. The first kappa shape index (κ1) is 25.4. The lowest BCUT2D eigenvalue weighted by Gasteiger charge is -2.27. The second-order valence-electron chi connectivity index (χ2n) is 9.40. The first-order valence-corrected chi connectivity index (χ1v) is 12.7. The van der Waals surface area contributed by atoms with Crippen molar-refractivity contribution in [3.8, 4) is 22.6 Å². The van der Waals surface area contributed by atoms with Crippen LogP contribution >= 0.6 is 11.6 Å². The number of pyridine rings is 1. The highest BCUT2D eigenvalue weighted by atomic mass is 35.5. The molecule has 0 aliphatic carbocycles. The number of tetrazole rings is 1. The van der Waals surface area contributed by atoms with E-state index in [1.54, 1.807) is 12.1 Å². The zero-order valence-electron chi connectivity index (χ0n) is 21.1. The number of H-pyrrole nitrogens is 1. The standard InChI is InChI=1S/C29H27ClFN7/c1-19(2)17-38(18-20-8-4-3-5-9-20)28-16-22(32-26-13-12-21(30)14-25(26)31)15-27(33-28)23-10-6-7-11-24(23)29-34-36-37-35-29/h3-16,19H,17-18H2,1-2H3,(H,32,33)(H,34,35,36,37). The van der Waals surface area contributed by atoms with Crippen molar-refractivity contribution in [1.29, 1.82) is 0 Å². The van der Waals surface area contributed by atoms with Gasteiger partial charge in [-0.1, -0.05) is 80.0 Å². The van der Waals surface area contributed by atoms with Crippen LogP contribution in [0.3, 0.4) is 0 Å². The number of anilines is 3. The monoisotopic (exact) mass is 527 g/mol. The predicted molar refractivity (Wildman–Crippen MR) is 150 cm³/mol. The van der Waals surface area contributed by atoms with Crippen molar-refractivity contribution >= 4 is 28.8 Å². The first-order valence-electron chi connectivity index (χ1n) is 12.3. The third kappa shape index (κ3) is 5.98. The van der Waals surface area contributed by atoms with Crippen LogP contribution in [0.5, 0.6) is 0 Å². The van der Waals surface area contributed by atoms with Crippen molar-refractivity contribution in [2.45, 2.75) is 20.4 Å². The molecule has 0 bridgehead atoms. The smallest absolute Gasteiger partial charge is 0.180 e. The molecule has 2 aromatic heterocycles. The number of hydrogen-bond donors (Lipinski definition) is 2. The summed E-state index contributed by atoms with van der Waals surface area (Å²) in [4.78, 5) is 7.33. The fourth-order valence-corrected chi connectivity index (χ4v) is 4.46. The van der Waals surface area contributed by atoms with E-state index in [1.807, 2.05) is 54.6 Å². The quantitative estimate of drug-likeness (QED) is 0.212. The minimum absolute atomic E-state index is 0.323. The fourth-order valence-electron chi connectivity index (χ4n) is 4.30. The molecule has 192 valence electrons. The van der Waals surface area contributed by atoms with Gasteiger partial charge in [-0.3, -0.25) is 0 Å². The molecule has 5 aromatic rings. The van der Waals surface area contributed by atoms with Crippen LogP contribution in [0.25, 0.3) is 22.6 Å². The van der Waals surface area contributed by atoms with Crippen LogP contribution in [-0.2, 0) is 6.54 Å². The van der Waals surface area contributed by atoms with E-state index in [1.165, 1.54) is 11.6 Å². The molecule has 2 N–H and O–H groups in total. The Morgan fingerprint density at radius 1 is 0.947 bits per heavy atom. The molecule has 0 atom stereocenters. The number of halogens is 2. The topological polar surface area (TPSA) is 82.6 Å². The lowest BCUT2D eigenvalue weighted by atomic mass is 10.0. The Balaban J connectivity index is 1.63. The average molecular weight is 528 g/mol. The molecule has 5 rings (SSSR count). The number of nitrogens with one attached hydrogen (secondary N) is 2. The summed E-state index contributed by atoms with van der Waals surface area (Å²) in [6, 6.07) is 26.5.